The zero-order valence-electron chi connectivity index (χ0n) is 14.2. The second kappa shape index (κ2) is 7.75. The Balaban J connectivity index is 2.00. The second-order valence-corrected chi connectivity index (χ2v) is 7.99. The summed E-state index contributed by atoms with van der Waals surface area (Å²) in [6.45, 7) is 12.8. The first-order chi connectivity index (χ1) is 10.1. The van der Waals surface area contributed by atoms with Crippen LogP contribution in [0, 0.1) is 5.41 Å². The molecule has 0 saturated heterocycles. The van der Waals surface area contributed by atoms with Crippen LogP contribution in [0.25, 0.3) is 0 Å². The average molecular weight is 309 g/mol. The maximum absolute atomic E-state index is 3.69. The van der Waals surface area contributed by atoms with E-state index in [0.717, 1.165) is 19.1 Å². The van der Waals surface area contributed by atoms with Crippen LogP contribution in [-0.2, 0) is 6.54 Å². The monoisotopic (exact) mass is 308 g/mol. The van der Waals surface area contributed by atoms with Crippen molar-refractivity contribution in [3.05, 3.63) is 22.4 Å². The van der Waals surface area contributed by atoms with Gasteiger partial charge in [0, 0.05) is 36.6 Å². The Morgan fingerprint density at radius 2 is 2.05 bits per heavy atom. The Hall–Kier alpha value is -0.380. The molecule has 1 aliphatic rings. The van der Waals surface area contributed by atoms with Crippen molar-refractivity contribution in [2.24, 2.45) is 5.41 Å². The van der Waals surface area contributed by atoms with Crippen LogP contribution in [0.2, 0.25) is 0 Å². The van der Waals surface area contributed by atoms with Crippen molar-refractivity contribution in [3.63, 3.8) is 0 Å². The first kappa shape index (κ1) is 17.0. The molecule has 1 aliphatic carbocycles. The standard InChI is InChI=1S/C18H32N2S/c1-5-18(6-2,13-19-15(3)4)14-20(16-9-10-16)12-17-8-7-11-21-17/h7-8,11,15-16,19H,5-6,9-10,12-14H2,1-4H3. The third-order valence-corrected chi connectivity index (χ3v) is 5.79. The van der Waals surface area contributed by atoms with Crippen molar-refractivity contribution in [3.8, 4) is 0 Å². The topological polar surface area (TPSA) is 15.3 Å². The largest absolute Gasteiger partial charge is 0.314 e. The fourth-order valence-electron chi connectivity index (χ4n) is 2.99. The Morgan fingerprint density at radius 1 is 1.33 bits per heavy atom. The number of thiophene rings is 1. The Labute approximate surface area is 134 Å². The molecule has 1 saturated carbocycles. The van der Waals surface area contributed by atoms with Crippen molar-refractivity contribution < 1.29 is 0 Å². The third kappa shape index (κ3) is 5.08. The molecule has 1 N–H and O–H groups in total. The molecule has 3 heteroatoms. The normalized spacial score (nSPS) is 16.1. The first-order valence-electron chi connectivity index (χ1n) is 8.58. The molecule has 0 spiro atoms. The fraction of sp³-hybridized carbons (Fsp3) is 0.778. The van der Waals surface area contributed by atoms with Crippen LogP contribution in [0.1, 0.15) is 58.3 Å². The summed E-state index contributed by atoms with van der Waals surface area (Å²) in [4.78, 5) is 4.26. The first-order valence-corrected chi connectivity index (χ1v) is 9.46. The van der Waals surface area contributed by atoms with E-state index in [0.29, 0.717) is 11.5 Å². The summed E-state index contributed by atoms with van der Waals surface area (Å²) < 4.78 is 0. The van der Waals surface area contributed by atoms with Gasteiger partial charge < -0.3 is 5.32 Å². The minimum absolute atomic E-state index is 0.421. The van der Waals surface area contributed by atoms with Gasteiger partial charge in [0.05, 0.1) is 0 Å². The highest BCUT2D eigenvalue weighted by Gasteiger charge is 2.35. The van der Waals surface area contributed by atoms with Crippen LogP contribution >= 0.6 is 11.3 Å². The van der Waals surface area contributed by atoms with Gasteiger partial charge in [-0.3, -0.25) is 4.90 Å². The molecular weight excluding hydrogens is 276 g/mol. The lowest BCUT2D eigenvalue weighted by Crippen LogP contribution is -2.45. The predicted octanol–water partition coefficient (Wildman–Crippen LogP) is 4.52. The molecule has 21 heavy (non-hydrogen) atoms. The lowest BCUT2D eigenvalue weighted by atomic mass is 9.81. The molecule has 2 nitrogen and oxygen atoms in total. The molecule has 0 unspecified atom stereocenters. The molecule has 2 rings (SSSR count). The summed E-state index contributed by atoms with van der Waals surface area (Å²) >= 11 is 1.90. The summed E-state index contributed by atoms with van der Waals surface area (Å²) in [7, 11) is 0. The minimum Gasteiger partial charge on any atom is -0.314 e. The summed E-state index contributed by atoms with van der Waals surface area (Å²) in [6.07, 6.45) is 5.31. The SMILES string of the molecule is CCC(CC)(CNC(C)C)CN(Cc1cccs1)C1CC1. The van der Waals surface area contributed by atoms with E-state index in [1.807, 2.05) is 11.3 Å². The molecule has 0 bridgehead atoms. The van der Waals surface area contributed by atoms with Gasteiger partial charge in [0.15, 0.2) is 0 Å². The summed E-state index contributed by atoms with van der Waals surface area (Å²) in [5.74, 6) is 0. The van der Waals surface area contributed by atoms with E-state index >= 15 is 0 Å². The van der Waals surface area contributed by atoms with Crippen LogP contribution < -0.4 is 5.32 Å². The van der Waals surface area contributed by atoms with Crippen molar-refractivity contribution in [2.75, 3.05) is 13.1 Å². The molecule has 120 valence electrons. The quantitative estimate of drug-likeness (QED) is 0.684. The van der Waals surface area contributed by atoms with Gasteiger partial charge in [-0.1, -0.05) is 33.8 Å². The van der Waals surface area contributed by atoms with Crippen LogP contribution in [0.4, 0.5) is 0 Å². The number of nitrogens with one attached hydrogen (secondary N) is 1. The second-order valence-electron chi connectivity index (χ2n) is 6.96. The lowest BCUT2D eigenvalue weighted by molar-refractivity contribution is 0.121. The minimum atomic E-state index is 0.421. The maximum Gasteiger partial charge on any atom is 0.0331 e. The van der Waals surface area contributed by atoms with Gasteiger partial charge in [-0.25, -0.2) is 0 Å². The predicted molar refractivity (Wildman–Crippen MR) is 93.9 cm³/mol. The molecular formula is C18H32N2S. The Kier molecular flexibility index (Phi) is 6.27. The van der Waals surface area contributed by atoms with Crippen LogP contribution in [-0.4, -0.2) is 30.1 Å². The highest BCUT2D eigenvalue weighted by molar-refractivity contribution is 7.09. The van der Waals surface area contributed by atoms with E-state index < -0.39 is 0 Å². The van der Waals surface area contributed by atoms with Crippen molar-refractivity contribution >= 4 is 11.3 Å². The molecule has 1 aromatic rings. The van der Waals surface area contributed by atoms with Gasteiger partial charge in [0.1, 0.15) is 0 Å². The molecule has 0 atom stereocenters. The van der Waals surface area contributed by atoms with Gasteiger partial charge >= 0.3 is 0 Å². The number of nitrogens with zero attached hydrogens (tertiary/aromatic N) is 1. The molecule has 0 radical (unpaired) electrons. The van der Waals surface area contributed by atoms with Gasteiger partial charge in [-0.2, -0.15) is 0 Å². The van der Waals surface area contributed by atoms with Crippen molar-refractivity contribution in [2.45, 2.75) is 72.0 Å². The number of hydrogen-bond acceptors (Lipinski definition) is 3. The van der Waals surface area contributed by atoms with Crippen LogP contribution in [0.5, 0.6) is 0 Å². The van der Waals surface area contributed by atoms with Crippen LogP contribution in [0.15, 0.2) is 17.5 Å². The Morgan fingerprint density at radius 3 is 2.52 bits per heavy atom. The maximum atomic E-state index is 3.69. The van der Waals surface area contributed by atoms with E-state index in [4.69, 9.17) is 0 Å². The van der Waals surface area contributed by atoms with E-state index in [9.17, 15) is 0 Å². The summed E-state index contributed by atoms with van der Waals surface area (Å²) in [5.41, 5.74) is 0.421. The van der Waals surface area contributed by atoms with E-state index in [2.05, 4.69) is 55.4 Å². The van der Waals surface area contributed by atoms with Gasteiger partial charge in [-0.15, -0.1) is 11.3 Å². The average Bonchev–Trinajstić information content (AvgIpc) is 3.20. The number of rotatable bonds is 10. The molecule has 0 amide bonds. The molecule has 0 aromatic carbocycles. The summed E-state index contributed by atoms with van der Waals surface area (Å²) in [5, 5.41) is 5.89. The van der Waals surface area contributed by atoms with Gasteiger partial charge in [0.2, 0.25) is 0 Å². The highest BCUT2D eigenvalue weighted by atomic mass is 32.1. The van der Waals surface area contributed by atoms with E-state index in [1.54, 1.807) is 0 Å². The van der Waals surface area contributed by atoms with Crippen molar-refractivity contribution in [1.82, 2.24) is 10.2 Å². The molecule has 1 heterocycles. The fourth-order valence-corrected chi connectivity index (χ4v) is 3.72. The highest BCUT2D eigenvalue weighted by Crippen LogP contribution is 2.35. The van der Waals surface area contributed by atoms with E-state index in [-0.39, 0.29) is 0 Å². The zero-order valence-corrected chi connectivity index (χ0v) is 15.0. The van der Waals surface area contributed by atoms with Crippen molar-refractivity contribution in [1.29, 1.82) is 0 Å². The van der Waals surface area contributed by atoms with Gasteiger partial charge in [0.25, 0.3) is 0 Å². The van der Waals surface area contributed by atoms with Crippen LogP contribution in [0.3, 0.4) is 0 Å². The lowest BCUT2D eigenvalue weighted by Gasteiger charge is -2.38. The number of hydrogen-bond donors (Lipinski definition) is 1. The Bertz CT molecular complexity index is 391. The molecule has 1 fully saturated rings. The molecule has 0 aliphatic heterocycles. The van der Waals surface area contributed by atoms with Gasteiger partial charge in [-0.05, 0) is 42.5 Å². The van der Waals surface area contributed by atoms with E-state index in [1.165, 1.54) is 37.1 Å². The summed E-state index contributed by atoms with van der Waals surface area (Å²) in [6, 6.07) is 5.88. The zero-order chi connectivity index (χ0) is 15.3. The molecule has 1 aromatic heterocycles. The third-order valence-electron chi connectivity index (χ3n) is 4.93. The smallest absolute Gasteiger partial charge is 0.0331 e.